The molecule has 11 nitrogen and oxygen atoms in total. The zero-order chi connectivity index (χ0) is 30.0. The van der Waals surface area contributed by atoms with Crippen molar-refractivity contribution >= 4 is 17.8 Å². The molecule has 2 atom stereocenters. The van der Waals surface area contributed by atoms with E-state index in [0.717, 1.165) is 0 Å². The van der Waals surface area contributed by atoms with E-state index in [9.17, 15) is 19.8 Å². The number of amides is 1. The fourth-order valence-corrected chi connectivity index (χ4v) is 4.32. The van der Waals surface area contributed by atoms with Crippen LogP contribution < -0.4 is 14.8 Å². The van der Waals surface area contributed by atoms with Gasteiger partial charge in [-0.1, -0.05) is 12.1 Å². The van der Waals surface area contributed by atoms with E-state index < -0.39 is 48.4 Å². The molecule has 0 fully saturated rings. The number of carbonyl (C=O) groups is 2. The first-order valence-electron chi connectivity index (χ1n) is 13.5. The smallest absolute Gasteiger partial charge is 0.306 e. The summed E-state index contributed by atoms with van der Waals surface area (Å²) in [4.78, 5) is 31.5. The van der Waals surface area contributed by atoms with E-state index >= 15 is 0 Å². The highest BCUT2D eigenvalue weighted by atomic mass is 16.6. The Kier molecular flexibility index (Phi) is 11.1. The van der Waals surface area contributed by atoms with E-state index in [-0.39, 0.29) is 25.3 Å². The number of methoxy groups -OCH3 is 1. The van der Waals surface area contributed by atoms with Crippen molar-refractivity contribution in [3.63, 3.8) is 0 Å². The molecule has 224 valence electrons. The second kappa shape index (κ2) is 14.3. The molecule has 1 aliphatic heterocycles. The summed E-state index contributed by atoms with van der Waals surface area (Å²) in [6, 6.07) is 13.0. The van der Waals surface area contributed by atoms with Gasteiger partial charge in [0.25, 0.3) is 5.91 Å². The van der Waals surface area contributed by atoms with Crippen molar-refractivity contribution in [2.75, 3.05) is 33.5 Å². The Balaban J connectivity index is 2.07. The van der Waals surface area contributed by atoms with E-state index in [1.165, 1.54) is 7.11 Å². The minimum atomic E-state index is -1.66. The first kappa shape index (κ1) is 31.9. The third-order valence-corrected chi connectivity index (χ3v) is 6.33. The number of ether oxygens (including phenoxy) is 4. The number of hydrogen-bond donors (Lipinski definition) is 4. The van der Waals surface area contributed by atoms with E-state index in [0.29, 0.717) is 35.7 Å². The number of rotatable bonds is 14. The number of hydrogen-bond acceptors (Lipinski definition) is 10. The topological polar surface area (TPSA) is 156 Å². The van der Waals surface area contributed by atoms with E-state index in [4.69, 9.17) is 29.0 Å². The van der Waals surface area contributed by atoms with Crippen molar-refractivity contribution in [3.05, 3.63) is 59.7 Å². The van der Waals surface area contributed by atoms with Gasteiger partial charge in [-0.05, 0) is 69.2 Å². The summed E-state index contributed by atoms with van der Waals surface area (Å²) in [6.45, 7) is 4.65. The van der Waals surface area contributed by atoms with E-state index in [1.807, 2.05) is 0 Å². The zero-order valence-electron chi connectivity index (χ0n) is 24.0. The predicted octanol–water partition coefficient (Wildman–Crippen LogP) is 2.30. The molecule has 0 bridgehead atoms. The fraction of sp³-hybridized carbons (Fsp3) is 0.500. The molecular weight excluding hydrogens is 532 g/mol. The van der Waals surface area contributed by atoms with Gasteiger partial charge in [0, 0.05) is 25.0 Å². The van der Waals surface area contributed by atoms with Gasteiger partial charge in [0.05, 0.1) is 33.0 Å². The predicted molar refractivity (Wildman–Crippen MR) is 151 cm³/mol. The maximum absolute atomic E-state index is 14.0. The largest absolute Gasteiger partial charge is 0.497 e. The van der Waals surface area contributed by atoms with Gasteiger partial charge in [0.15, 0.2) is 11.6 Å². The van der Waals surface area contributed by atoms with Gasteiger partial charge in [-0.15, -0.1) is 0 Å². The summed E-state index contributed by atoms with van der Waals surface area (Å²) in [5, 5.41) is 31.0. The van der Waals surface area contributed by atoms with Crippen molar-refractivity contribution < 1.29 is 43.9 Å². The summed E-state index contributed by atoms with van der Waals surface area (Å²) in [5.41, 5.74) is -1.23. The molecule has 41 heavy (non-hydrogen) atoms. The minimum absolute atomic E-state index is 0.0231. The molecule has 1 amide bonds. The molecule has 2 aromatic carbocycles. The summed E-state index contributed by atoms with van der Waals surface area (Å²) >= 11 is 0. The number of nitrogens with one attached hydrogen (secondary N) is 1. The van der Waals surface area contributed by atoms with Crippen LogP contribution in [0.5, 0.6) is 11.5 Å². The Morgan fingerprint density at radius 3 is 2.39 bits per heavy atom. The Morgan fingerprint density at radius 1 is 1.07 bits per heavy atom. The quantitative estimate of drug-likeness (QED) is 0.197. The highest BCUT2D eigenvalue weighted by molar-refractivity contribution is 6.01. The number of carbonyl (C=O) groups excluding carboxylic acids is 2. The molecule has 0 saturated heterocycles. The lowest BCUT2D eigenvalue weighted by Gasteiger charge is -2.32. The molecule has 2 aromatic rings. The van der Waals surface area contributed by atoms with Gasteiger partial charge in [-0.3, -0.25) is 9.59 Å². The molecular formula is C30H40N2O9. The Hall–Kier alpha value is -3.67. The van der Waals surface area contributed by atoms with E-state index in [1.54, 1.807) is 69.3 Å². The Labute approximate surface area is 240 Å². The molecule has 0 spiro atoms. The van der Waals surface area contributed by atoms with Crippen LogP contribution in [-0.4, -0.2) is 83.8 Å². The standard InChI is InChI=1S/C30H40N2O9/c1-29(2,3)41-25(36)13-14-30(28(37)31-22(18-34)19-35)26(21-7-5-8-24(17-21)38-4)40-27(32-30)20-9-11-23(12-10-20)39-16-6-15-33/h5,7-12,17,22,26,33-35H,6,13-16,18-19H2,1-4H3,(H,31,37)/t26-,30-/m1/s1. The lowest BCUT2D eigenvalue weighted by Crippen LogP contribution is -2.53. The van der Waals surface area contributed by atoms with Gasteiger partial charge in [-0.2, -0.15) is 0 Å². The molecule has 4 N–H and O–H groups in total. The van der Waals surface area contributed by atoms with Crippen molar-refractivity contribution in [1.29, 1.82) is 0 Å². The molecule has 0 radical (unpaired) electrons. The third-order valence-electron chi connectivity index (χ3n) is 6.33. The summed E-state index contributed by atoms with van der Waals surface area (Å²) in [6.07, 6.45) is -0.706. The van der Waals surface area contributed by atoms with Gasteiger partial charge in [0.1, 0.15) is 17.1 Å². The van der Waals surface area contributed by atoms with Gasteiger partial charge in [-0.25, -0.2) is 4.99 Å². The van der Waals surface area contributed by atoms with Crippen molar-refractivity contribution in [2.24, 2.45) is 4.99 Å². The third kappa shape index (κ3) is 8.42. The second-order valence-corrected chi connectivity index (χ2v) is 10.7. The van der Waals surface area contributed by atoms with Crippen LogP contribution in [0.15, 0.2) is 53.5 Å². The molecule has 3 rings (SSSR count). The number of aliphatic hydroxyl groups is 3. The second-order valence-electron chi connectivity index (χ2n) is 10.7. The van der Waals surface area contributed by atoms with Crippen LogP contribution in [0.25, 0.3) is 0 Å². The highest BCUT2D eigenvalue weighted by Crippen LogP contribution is 2.44. The number of aliphatic hydroxyl groups excluding tert-OH is 3. The fourth-order valence-electron chi connectivity index (χ4n) is 4.32. The van der Waals surface area contributed by atoms with Crippen LogP contribution in [-0.2, 0) is 19.1 Å². The van der Waals surface area contributed by atoms with Crippen LogP contribution in [0.1, 0.15) is 57.3 Å². The first-order chi connectivity index (χ1) is 19.5. The van der Waals surface area contributed by atoms with Gasteiger partial charge in [0.2, 0.25) is 5.90 Å². The number of esters is 1. The first-order valence-corrected chi connectivity index (χ1v) is 13.5. The molecule has 0 aliphatic carbocycles. The molecule has 1 heterocycles. The van der Waals surface area contributed by atoms with Crippen molar-refractivity contribution in [3.8, 4) is 11.5 Å². The maximum Gasteiger partial charge on any atom is 0.306 e. The van der Waals surface area contributed by atoms with Crippen LogP contribution in [0.2, 0.25) is 0 Å². The molecule has 0 unspecified atom stereocenters. The zero-order valence-corrected chi connectivity index (χ0v) is 24.0. The average Bonchev–Trinajstić information content (AvgIpc) is 3.35. The molecule has 11 heteroatoms. The normalized spacial score (nSPS) is 18.4. The number of nitrogens with zero attached hydrogens (tertiary/aromatic N) is 1. The van der Waals surface area contributed by atoms with E-state index in [2.05, 4.69) is 5.32 Å². The SMILES string of the molecule is COc1cccc([C@H]2OC(c3ccc(OCCCO)cc3)=N[C@@]2(CCC(=O)OC(C)(C)C)C(=O)NC(CO)CO)c1. The lowest BCUT2D eigenvalue weighted by molar-refractivity contribution is -0.155. The van der Waals surface area contributed by atoms with Gasteiger partial charge >= 0.3 is 5.97 Å². The van der Waals surface area contributed by atoms with Gasteiger partial charge < -0.3 is 39.6 Å². The Bertz CT molecular complexity index is 1190. The van der Waals surface area contributed by atoms with Crippen LogP contribution in [0.4, 0.5) is 0 Å². The minimum Gasteiger partial charge on any atom is -0.497 e. The summed E-state index contributed by atoms with van der Waals surface area (Å²) in [5.74, 6) is 0.161. The van der Waals surface area contributed by atoms with Crippen LogP contribution in [0.3, 0.4) is 0 Å². The van der Waals surface area contributed by atoms with Crippen LogP contribution >= 0.6 is 0 Å². The average molecular weight is 573 g/mol. The maximum atomic E-state index is 14.0. The Morgan fingerprint density at radius 2 is 1.78 bits per heavy atom. The van der Waals surface area contributed by atoms with Crippen molar-refractivity contribution in [1.82, 2.24) is 5.32 Å². The molecule has 0 saturated carbocycles. The highest BCUT2D eigenvalue weighted by Gasteiger charge is 2.53. The monoisotopic (exact) mass is 572 g/mol. The molecule has 0 aromatic heterocycles. The molecule has 1 aliphatic rings. The lowest BCUT2D eigenvalue weighted by atomic mass is 9.83. The number of aliphatic imine (C=N–C) groups is 1. The van der Waals surface area contributed by atoms with Crippen molar-refractivity contribution in [2.45, 2.75) is 63.3 Å². The van der Waals surface area contributed by atoms with Crippen LogP contribution in [0, 0.1) is 0 Å². The summed E-state index contributed by atoms with van der Waals surface area (Å²) < 4.78 is 22.9. The number of benzene rings is 2. The summed E-state index contributed by atoms with van der Waals surface area (Å²) in [7, 11) is 1.52.